The Morgan fingerprint density at radius 1 is 0.809 bits per heavy atom. The second-order valence-corrected chi connectivity index (χ2v) is 12.9. The highest BCUT2D eigenvalue weighted by Crippen LogP contribution is 2.33. The van der Waals surface area contributed by atoms with E-state index in [4.69, 9.17) is 18.9 Å². The van der Waals surface area contributed by atoms with Crippen molar-refractivity contribution in [3.8, 4) is 0 Å². The number of thioether (sulfide) groups is 1. The van der Waals surface area contributed by atoms with Gasteiger partial charge >= 0.3 is 6.03 Å². The molecule has 4 amide bonds. The molecule has 0 unspecified atom stereocenters. The number of rotatable bonds is 26. The molecule has 0 bridgehead atoms. The third-order valence-corrected chi connectivity index (χ3v) is 9.12. The number of urea groups is 1. The smallest absolute Gasteiger partial charge is 0.315 e. The molecule has 0 radical (unpaired) electrons. The lowest BCUT2D eigenvalue weighted by Crippen LogP contribution is -2.36. The number of Topliss-reactive ketones (excluding diaryl/α,β-unsaturated/α-hetero) is 2. The molecule has 13 nitrogen and oxygen atoms in total. The lowest BCUT2D eigenvalue weighted by molar-refractivity contribution is -0.126. The SMILES string of the molecule is CC(=O)CC(=O)CCc1ccc(NC(=O)CCOCCOCCOCCOCCNC(=O)CCCC[C@@H]2SC[C@@H]3NC(=O)N[C@@H]32)cc1. The van der Waals surface area contributed by atoms with Crippen molar-refractivity contribution in [2.45, 2.75) is 75.6 Å². The van der Waals surface area contributed by atoms with Crippen LogP contribution < -0.4 is 21.3 Å². The lowest BCUT2D eigenvalue weighted by atomic mass is 10.0. The van der Waals surface area contributed by atoms with Gasteiger partial charge in [0.1, 0.15) is 11.6 Å². The van der Waals surface area contributed by atoms with Gasteiger partial charge in [-0.1, -0.05) is 18.6 Å². The monoisotopic (exact) mass is 678 g/mol. The quantitative estimate of drug-likeness (QED) is 0.0648. The van der Waals surface area contributed by atoms with Gasteiger partial charge in [-0.15, -0.1) is 0 Å². The lowest BCUT2D eigenvalue weighted by Gasteiger charge is -2.16. The van der Waals surface area contributed by atoms with Crippen LogP contribution in [0.1, 0.15) is 57.4 Å². The summed E-state index contributed by atoms with van der Waals surface area (Å²) in [4.78, 5) is 58.3. The molecule has 3 rings (SSSR count). The second kappa shape index (κ2) is 22.5. The van der Waals surface area contributed by atoms with Gasteiger partial charge in [0, 0.05) is 36.1 Å². The summed E-state index contributed by atoms with van der Waals surface area (Å²) in [6, 6.07) is 7.68. The van der Waals surface area contributed by atoms with Gasteiger partial charge in [0.25, 0.3) is 0 Å². The molecule has 2 fully saturated rings. The Balaban J connectivity index is 1.03. The van der Waals surface area contributed by atoms with Crippen LogP contribution in [0.25, 0.3) is 0 Å². The number of hydrogen-bond donors (Lipinski definition) is 4. The van der Waals surface area contributed by atoms with Gasteiger partial charge in [-0.2, -0.15) is 11.8 Å². The zero-order valence-corrected chi connectivity index (χ0v) is 28.2. The van der Waals surface area contributed by atoms with Crippen LogP contribution in [0.15, 0.2) is 24.3 Å². The first-order valence-electron chi connectivity index (χ1n) is 16.5. The minimum absolute atomic E-state index is 0.0230. The molecule has 3 atom stereocenters. The number of fused-ring (bicyclic) bond motifs is 1. The summed E-state index contributed by atoms with van der Waals surface area (Å²) in [5, 5.41) is 12.1. The highest BCUT2D eigenvalue weighted by atomic mass is 32.2. The molecule has 4 N–H and O–H groups in total. The fourth-order valence-corrected chi connectivity index (χ4v) is 6.72. The molecule has 2 aliphatic heterocycles. The highest BCUT2D eigenvalue weighted by Gasteiger charge is 2.42. The zero-order valence-electron chi connectivity index (χ0n) is 27.4. The third kappa shape index (κ3) is 16.6. The molecule has 1 aromatic rings. The largest absolute Gasteiger partial charge is 0.379 e. The number of ether oxygens (including phenoxy) is 4. The van der Waals surface area contributed by atoms with Crippen LogP contribution in [0.5, 0.6) is 0 Å². The van der Waals surface area contributed by atoms with E-state index in [0.717, 1.165) is 30.6 Å². The van der Waals surface area contributed by atoms with Gasteiger partial charge in [-0.05, 0) is 43.9 Å². The predicted octanol–water partition coefficient (Wildman–Crippen LogP) is 2.40. The standard InChI is InChI=1S/C33H50N4O9S/c1-24(38)22-27(39)11-8-25-6-9-26(10-7-25)35-31(41)12-14-43-16-18-45-20-21-46-19-17-44-15-13-34-30(40)5-3-2-4-29-32-28(23-47-29)36-33(42)37-32/h6-7,9-10,28-29,32H,2-5,8,11-23H2,1H3,(H,34,40)(H,35,41)(H2,36,37,42)/t28-,29-,32-/m0/s1. The number of unbranched alkanes of at least 4 members (excludes halogenated alkanes) is 1. The van der Waals surface area contributed by atoms with Gasteiger partial charge in [0.2, 0.25) is 11.8 Å². The Morgan fingerprint density at radius 3 is 2.15 bits per heavy atom. The Kier molecular flexibility index (Phi) is 18.4. The number of nitrogens with one attached hydrogen (secondary N) is 4. The van der Waals surface area contributed by atoms with Gasteiger partial charge in [-0.25, -0.2) is 4.79 Å². The van der Waals surface area contributed by atoms with Crippen LogP contribution in [-0.2, 0) is 44.5 Å². The molecular weight excluding hydrogens is 628 g/mol. The molecule has 2 aliphatic rings. The van der Waals surface area contributed by atoms with Gasteiger partial charge < -0.3 is 40.2 Å². The summed E-state index contributed by atoms with van der Waals surface area (Å²) in [5.74, 6) is 0.631. The molecular formula is C33H50N4O9S. The molecule has 2 heterocycles. The maximum atomic E-state index is 12.1. The number of ketones is 2. The van der Waals surface area contributed by atoms with E-state index in [-0.39, 0.29) is 60.9 Å². The van der Waals surface area contributed by atoms with E-state index in [1.807, 2.05) is 23.9 Å². The molecule has 0 aromatic heterocycles. The first-order valence-corrected chi connectivity index (χ1v) is 17.5. The van der Waals surface area contributed by atoms with Crippen molar-refractivity contribution in [2.75, 3.05) is 70.5 Å². The third-order valence-electron chi connectivity index (χ3n) is 7.62. The van der Waals surface area contributed by atoms with Gasteiger partial charge in [0.05, 0.1) is 77.8 Å². The first-order chi connectivity index (χ1) is 22.8. The fourth-order valence-electron chi connectivity index (χ4n) is 5.18. The molecule has 0 saturated carbocycles. The van der Waals surface area contributed by atoms with Crippen molar-refractivity contribution in [3.63, 3.8) is 0 Å². The molecule has 262 valence electrons. The van der Waals surface area contributed by atoms with Crippen molar-refractivity contribution < 1.29 is 42.9 Å². The molecule has 1 aromatic carbocycles. The van der Waals surface area contributed by atoms with Crippen LogP contribution in [0.2, 0.25) is 0 Å². The average Bonchev–Trinajstić information content (AvgIpc) is 3.59. The molecule has 14 heteroatoms. The Labute approximate surface area is 281 Å². The highest BCUT2D eigenvalue weighted by molar-refractivity contribution is 8.00. The van der Waals surface area contributed by atoms with Crippen LogP contribution in [0.3, 0.4) is 0 Å². The van der Waals surface area contributed by atoms with Crippen LogP contribution in [0, 0.1) is 0 Å². The normalized spacial score (nSPS) is 18.3. The number of aryl methyl sites for hydroxylation is 1. The van der Waals surface area contributed by atoms with Crippen molar-refractivity contribution in [1.82, 2.24) is 16.0 Å². The van der Waals surface area contributed by atoms with Gasteiger partial charge in [-0.3, -0.25) is 19.2 Å². The van der Waals surface area contributed by atoms with Crippen molar-refractivity contribution in [2.24, 2.45) is 0 Å². The van der Waals surface area contributed by atoms with E-state index in [1.165, 1.54) is 6.92 Å². The molecule has 0 aliphatic carbocycles. The topological polar surface area (TPSA) is 170 Å². The predicted molar refractivity (Wildman–Crippen MR) is 179 cm³/mol. The Morgan fingerprint density at radius 2 is 1.47 bits per heavy atom. The number of carbonyl (C=O) groups excluding carboxylic acids is 5. The second-order valence-electron chi connectivity index (χ2n) is 11.6. The molecule has 0 spiro atoms. The van der Waals surface area contributed by atoms with E-state index in [0.29, 0.717) is 83.0 Å². The number of hydrogen-bond acceptors (Lipinski definition) is 10. The minimum atomic E-state index is -0.156. The Hall–Kier alpha value is -3.04. The number of benzene rings is 1. The van der Waals surface area contributed by atoms with E-state index < -0.39 is 0 Å². The van der Waals surface area contributed by atoms with Crippen molar-refractivity contribution in [3.05, 3.63) is 29.8 Å². The maximum absolute atomic E-state index is 12.1. The number of carbonyl (C=O) groups is 5. The minimum Gasteiger partial charge on any atom is -0.379 e. The van der Waals surface area contributed by atoms with Crippen LogP contribution >= 0.6 is 11.8 Å². The Bertz CT molecular complexity index is 1140. The van der Waals surface area contributed by atoms with Crippen molar-refractivity contribution in [1.29, 1.82) is 0 Å². The summed E-state index contributed by atoms with van der Waals surface area (Å²) >= 11 is 1.89. The summed E-state index contributed by atoms with van der Waals surface area (Å²) < 4.78 is 21.9. The summed E-state index contributed by atoms with van der Waals surface area (Å²) in [7, 11) is 0. The molecule has 2 saturated heterocycles. The fraction of sp³-hybridized carbons (Fsp3) is 0.667. The van der Waals surface area contributed by atoms with Crippen LogP contribution in [-0.4, -0.2) is 112 Å². The number of anilines is 1. The van der Waals surface area contributed by atoms with Gasteiger partial charge in [0.15, 0.2) is 0 Å². The first kappa shape index (κ1) is 38.4. The zero-order chi connectivity index (χ0) is 33.7. The molecule has 47 heavy (non-hydrogen) atoms. The maximum Gasteiger partial charge on any atom is 0.315 e. The van der Waals surface area contributed by atoms with E-state index >= 15 is 0 Å². The van der Waals surface area contributed by atoms with Crippen molar-refractivity contribution >= 4 is 46.9 Å². The van der Waals surface area contributed by atoms with E-state index in [1.54, 1.807) is 12.1 Å². The number of amides is 4. The summed E-state index contributed by atoms with van der Waals surface area (Å²) in [6.45, 7) is 5.06. The summed E-state index contributed by atoms with van der Waals surface area (Å²) in [6.07, 6.45) is 4.37. The van der Waals surface area contributed by atoms with Crippen LogP contribution in [0.4, 0.5) is 10.5 Å². The average molecular weight is 679 g/mol. The summed E-state index contributed by atoms with van der Waals surface area (Å²) in [5.41, 5.74) is 1.64. The van der Waals surface area contributed by atoms with E-state index in [2.05, 4.69) is 21.3 Å². The van der Waals surface area contributed by atoms with E-state index in [9.17, 15) is 24.0 Å².